The fourth-order valence-corrected chi connectivity index (χ4v) is 2.97. The van der Waals surface area contributed by atoms with Crippen LogP contribution in [0.4, 0.5) is 17.1 Å². The Morgan fingerprint density at radius 2 is 1.72 bits per heavy atom. The first-order chi connectivity index (χ1) is 12.2. The van der Waals surface area contributed by atoms with Crippen molar-refractivity contribution in [3.8, 4) is 11.5 Å². The monoisotopic (exact) mass is 342 g/mol. The van der Waals surface area contributed by atoms with Gasteiger partial charge in [0, 0.05) is 50.5 Å². The van der Waals surface area contributed by atoms with Crippen molar-refractivity contribution in [2.75, 3.05) is 62.8 Å². The van der Waals surface area contributed by atoms with Gasteiger partial charge in [0.1, 0.15) is 18.1 Å². The molecule has 2 aromatic rings. The topological polar surface area (TPSA) is 77.0 Å². The molecule has 0 aliphatic carbocycles. The van der Waals surface area contributed by atoms with Crippen LogP contribution < -0.4 is 25.8 Å². The lowest BCUT2D eigenvalue weighted by Crippen LogP contribution is -2.47. The van der Waals surface area contributed by atoms with Crippen LogP contribution in [0.25, 0.3) is 0 Å². The van der Waals surface area contributed by atoms with Gasteiger partial charge in [-0.25, -0.2) is 0 Å². The second-order valence-electron chi connectivity index (χ2n) is 6.17. The number of piperazine rings is 1. The van der Waals surface area contributed by atoms with E-state index in [9.17, 15) is 0 Å². The Hall–Kier alpha value is -2.60. The van der Waals surface area contributed by atoms with E-state index in [-0.39, 0.29) is 0 Å². The zero-order valence-electron chi connectivity index (χ0n) is 14.6. The maximum Gasteiger partial charge on any atom is 0.121 e. The molecular formula is C19H26N4O2. The van der Waals surface area contributed by atoms with E-state index in [2.05, 4.69) is 21.9 Å². The number of nitrogens with zero attached hydrogens (tertiary/aromatic N) is 2. The van der Waals surface area contributed by atoms with Crippen molar-refractivity contribution < 1.29 is 9.47 Å². The highest BCUT2D eigenvalue weighted by atomic mass is 16.5. The lowest BCUT2D eigenvalue weighted by molar-refractivity contribution is 0.200. The lowest BCUT2D eigenvalue weighted by Gasteiger charge is -2.36. The summed E-state index contributed by atoms with van der Waals surface area (Å²) < 4.78 is 11.1. The molecule has 1 fully saturated rings. The second kappa shape index (κ2) is 7.98. The summed E-state index contributed by atoms with van der Waals surface area (Å²) in [6, 6.07) is 13.6. The van der Waals surface area contributed by atoms with Crippen LogP contribution in [0.2, 0.25) is 0 Å². The van der Waals surface area contributed by atoms with Gasteiger partial charge >= 0.3 is 0 Å². The molecule has 0 radical (unpaired) electrons. The molecule has 4 N–H and O–H groups in total. The molecule has 0 unspecified atom stereocenters. The molecule has 1 heterocycles. The van der Waals surface area contributed by atoms with Gasteiger partial charge in [-0.15, -0.1) is 0 Å². The maximum atomic E-state index is 5.80. The molecule has 6 heteroatoms. The molecule has 0 spiro atoms. The van der Waals surface area contributed by atoms with Gasteiger partial charge in [-0.1, -0.05) is 6.07 Å². The number of methoxy groups -OCH3 is 1. The minimum absolute atomic E-state index is 0.560. The lowest BCUT2D eigenvalue weighted by atomic mass is 10.2. The average Bonchev–Trinajstić information content (AvgIpc) is 2.65. The van der Waals surface area contributed by atoms with Crippen LogP contribution in [0.5, 0.6) is 11.5 Å². The zero-order valence-corrected chi connectivity index (χ0v) is 14.6. The third-order valence-electron chi connectivity index (χ3n) is 4.53. The molecule has 2 aromatic carbocycles. The molecule has 0 bridgehead atoms. The highest BCUT2D eigenvalue weighted by Crippen LogP contribution is 2.23. The van der Waals surface area contributed by atoms with Gasteiger partial charge in [0.2, 0.25) is 0 Å². The number of hydrogen-bond donors (Lipinski definition) is 2. The molecule has 134 valence electrons. The summed E-state index contributed by atoms with van der Waals surface area (Å²) >= 11 is 0. The van der Waals surface area contributed by atoms with Crippen LogP contribution in [0.3, 0.4) is 0 Å². The molecule has 1 aliphatic rings. The molecule has 0 aromatic heterocycles. The van der Waals surface area contributed by atoms with E-state index in [4.69, 9.17) is 20.9 Å². The van der Waals surface area contributed by atoms with Crippen LogP contribution in [0.1, 0.15) is 0 Å². The first-order valence-corrected chi connectivity index (χ1v) is 8.55. The van der Waals surface area contributed by atoms with E-state index < -0.39 is 0 Å². The van der Waals surface area contributed by atoms with Crippen molar-refractivity contribution in [1.82, 2.24) is 4.90 Å². The number of ether oxygens (including phenoxy) is 2. The number of anilines is 3. The Morgan fingerprint density at radius 1 is 0.920 bits per heavy atom. The van der Waals surface area contributed by atoms with Crippen molar-refractivity contribution in [2.45, 2.75) is 0 Å². The van der Waals surface area contributed by atoms with Crippen molar-refractivity contribution in [2.24, 2.45) is 0 Å². The zero-order chi connectivity index (χ0) is 17.6. The van der Waals surface area contributed by atoms with Crippen LogP contribution in [-0.2, 0) is 0 Å². The molecule has 0 atom stereocenters. The average molecular weight is 342 g/mol. The molecule has 6 nitrogen and oxygen atoms in total. The Balaban J connectivity index is 1.44. The van der Waals surface area contributed by atoms with Gasteiger partial charge in [-0.2, -0.15) is 0 Å². The number of benzene rings is 2. The van der Waals surface area contributed by atoms with Gasteiger partial charge in [0.05, 0.1) is 18.5 Å². The standard InChI is InChI=1S/C19H26N4O2/c1-24-16-4-2-3-15(13-16)23-9-7-22(8-10-23)11-12-25-17-5-6-18(20)19(21)14-17/h2-6,13-14H,7-12,20-21H2,1H3. The van der Waals surface area contributed by atoms with E-state index in [1.165, 1.54) is 5.69 Å². The summed E-state index contributed by atoms with van der Waals surface area (Å²) in [5.74, 6) is 1.66. The van der Waals surface area contributed by atoms with E-state index in [0.29, 0.717) is 18.0 Å². The van der Waals surface area contributed by atoms with Crippen molar-refractivity contribution in [3.05, 3.63) is 42.5 Å². The number of hydrogen-bond acceptors (Lipinski definition) is 6. The molecule has 1 aliphatic heterocycles. The van der Waals surface area contributed by atoms with E-state index in [1.54, 1.807) is 19.2 Å². The second-order valence-corrected chi connectivity index (χ2v) is 6.17. The summed E-state index contributed by atoms with van der Waals surface area (Å²) in [6.07, 6.45) is 0. The molecule has 25 heavy (non-hydrogen) atoms. The van der Waals surface area contributed by atoms with Gasteiger partial charge in [-0.3, -0.25) is 4.90 Å². The third kappa shape index (κ3) is 4.48. The van der Waals surface area contributed by atoms with Gasteiger partial charge in [-0.05, 0) is 24.3 Å². The SMILES string of the molecule is COc1cccc(N2CCN(CCOc3ccc(N)c(N)c3)CC2)c1. The third-order valence-corrected chi connectivity index (χ3v) is 4.53. The Kier molecular flexibility index (Phi) is 5.50. The van der Waals surface area contributed by atoms with Crippen LogP contribution in [0.15, 0.2) is 42.5 Å². The number of nitrogen functional groups attached to an aromatic ring is 2. The van der Waals surface area contributed by atoms with E-state index >= 15 is 0 Å². The van der Waals surface area contributed by atoms with Crippen LogP contribution in [-0.4, -0.2) is 51.3 Å². The molecule has 0 saturated carbocycles. The summed E-state index contributed by atoms with van der Waals surface area (Å²) in [5.41, 5.74) is 13.9. The summed E-state index contributed by atoms with van der Waals surface area (Å²) in [6.45, 7) is 5.58. The quantitative estimate of drug-likeness (QED) is 0.783. The van der Waals surface area contributed by atoms with Crippen molar-refractivity contribution >= 4 is 17.1 Å². The molecule has 1 saturated heterocycles. The Morgan fingerprint density at radius 3 is 2.44 bits per heavy atom. The maximum absolute atomic E-state index is 5.80. The van der Waals surface area contributed by atoms with E-state index in [1.807, 2.05) is 18.2 Å². The van der Waals surface area contributed by atoms with Gasteiger partial charge in [0.25, 0.3) is 0 Å². The van der Waals surface area contributed by atoms with Gasteiger partial charge < -0.3 is 25.8 Å². The van der Waals surface area contributed by atoms with Crippen molar-refractivity contribution in [3.63, 3.8) is 0 Å². The van der Waals surface area contributed by atoms with Crippen molar-refractivity contribution in [1.29, 1.82) is 0 Å². The summed E-state index contributed by atoms with van der Waals surface area (Å²) in [7, 11) is 1.70. The summed E-state index contributed by atoms with van der Waals surface area (Å²) in [4.78, 5) is 4.80. The predicted octanol–water partition coefficient (Wildman–Crippen LogP) is 2.06. The van der Waals surface area contributed by atoms with Crippen LogP contribution in [0, 0.1) is 0 Å². The van der Waals surface area contributed by atoms with Crippen LogP contribution >= 0.6 is 0 Å². The Bertz CT molecular complexity index is 700. The highest BCUT2D eigenvalue weighted by molar-refractivity contribution is 5.65. The molecule has 3 rings (SSSR count). The van der Waals surface area contributed by atoms with Gasteiger partial charge in [0.15, 0.2) is 0 Å². The first kappa shape index (κ1) is 17.2. The highest BCUT2D eigenvalue weighted by Gasteiger charge is 2.17. The smallest absolute Gasteiger partial charge is 0.121 e. The fourth-order valence-electron chi connectivity index (χ4n) is 2.97. The minimum atomic E-state index is 0.560. The Labute approximate surface area is 148 Å². The van der Waals surface area contributed by atoms with E-state index in [0.717, 1.165) is 44.2 Å². The molecule has 0 amide bonds. The fraction of sp³-hybridized carbons (Fsp3) is 0.368. The first-order valence-electron chi connectivity index (χ1n) is 8.55. The number of nitrogens with two attached hydrogens (primary N) is 2. The molecular weight excluding hydrogens is 316 g/mol. The predicted molar refractivity (Wildman–Crippen MR) is 102 cm³/mol. The minimum Gasteiger partial charge on any atom is -0.497 e. The number of rotatable bonds is 6. The normalized spacial score (nSPS) is 15.2. The largest absolute Gasteiger partial charge is 0.497 e. The summed E-state index contributed by atoms with van der Waals surface area (Å²) in [5, 5.41) is 0.